The van der Waals surface area contributed by atoms with Crippen LogP contribution < -0.4 is 4.74 Å². The molecule has 0 saturated carbocycles. The number of nitrogens with zero attached hydrogens (tertiary/aromatic N) is 2. The predicted molar refractivity (Wildman–Crippen MR) is 121 cm³/mol. The number of hydrogen-bond donors (Lipinski definition) is 0. The minimum atomic E-state index is -0.643. The zero-order chi connectivity index (χ0) is 22.7. The van der Waals surface area contributed by atoms with Crippen LogP contribution in [0.3, 0.4) is 0 Å². The van der Waals surface area contributed by atoms with Crippen molar-refractivity contribution in [2.75, 3.05) is 0 Å². The smallest absolute Gasteiger partial charge is 0.363 e. The largest absolute Gasteiger partial charge is 0.489 e. The van der Waals surface area contributed by atoms with E-state index >= 15 is 0 Å². The maximum atomic E-state index is 12.2. The Labute approximate surface area is 192 Å². The first-order valence-corrected chi connectivity index (χ1v) is 10.1. The van der Waals surface area contributed by atoms with Gasteiger partial charge in [-0.1, -0.05) is 47.5 Å². The van der Waals surface area contributed by atoms with E-state index in [2.05, 4.69) is 4.99 Å². The van der Waals surface area contributed by atoms with E-state index in [0.717, 1.165) is 5.56 Å². The third kappa shape index (κ3) is 4.96. The highest BCUT2D eigenvalue weighted by Crippen LogP contribution is 2.27. The molecule has 0 radical (unpaired) electrons. The third-order valence-electron chi connectivity index (χ3n) is 4.49. The SMILES string of the molecule is O=C1OC(c2ccc([N+](=O)[O-])cc2Cl)=N/C1=C\c1ccc(OCc2cccc(Cl)c2)cc1. The van der Waals surface area contributed by atoms with Gasteiger partial charge in [-0.3, -0.25) is 10.1 Å². The molecule has 0 aromatic heterocycles. The summed E-state index contributed by atoms with van der Waals surface area (Å²) in [5.74, 6) is 0.00121. The summed E-state index contributed by atoms with van der Waals surface area (Å²) in [6, 6.07) is 18.3. The molecular weight excluding hydrogens is 455 g/mol. The maximum absolute atomic E-state index is 12.2. The minimum Gasteiger partial charge on any atom is -0.489 e. The molecule has 3 aromatic carbocycles. The van der Waals surface area contributed by atoms with Gasteiger partial charge in [0.15, 0.2) is 5.70 Å². The van der Waals surface area contributed by atoms with Crippen LogP contribution in [0, 0.1) is 10.1 Å². The number of nitro groups is 1. The lowest BCUT2D eigenvalue weighted by Gasteiger charge is -2.07. The van der Waals surface area contributed by atoms with Gasteiger partial charge in [-0.15, -0.1) is 0 Å². The molecule has 0 amide bonds. The van der Waals surface area contributed by atoms with Crippen molar-refractivity contribution < 1.29 is 19.2 Å². The van der Waals surface area contributed by atoms with E-state index in [4.69, 9.17) is 32.7 Å². The van der Waals surface area contributed by atoms with E-state index in [1.165, 1.54) is 18.2 Å². The summed E-state index contributed by atoms with van der Waals surface area (Å²) >= 11 is 12.1. The molecular formula is C23H14Cl2N2O5. The zero-order valence-electron chi connectivity index (χ0n) is 16.3. The Morgan fingerprint density at radius 3 is 2.53 bits per heavy atom. The molecule has 0 saturated heterocycles. The predicted octanol–water partition coefficient (Wildman–Crippen LogP) is 5.83. The molecule has 32 heavy (non-hydrogen) atoms. The van der Waals surface area contributed by atoms with Gasteiger partial charge in [0.05, 0.1) is 15.5 Å². The van der Waals surface area contributed by atoms with Crippen molar-refractivity contribution in [2.24, 2.45) is 4.99 Å². The van der Waals surface area contributed by atoms with Crippen LogP contribution in [0.25, 0.3) is 6.08 Å². The van der Waals surface area contributed by atoms with Gasteiger partial charge in [-0.25, -0.2) is 9.79 Å². The summed E-state index contributed by atoms with van der Waals surface area (Å²) in [7, 11) is 0. The third-order valence-corrected chi connectivity index (χ3v) is 5.04. The topological polar surface area (TPSA) is 91.0 Å². The lowest BCUT2D eigenvalue weighted by molar-refractivity contribution is -0.384. The van der Waals surface area contributed by atoms with E-state index in [9.17, 15) is 14.9 Å². The van der Waals surface area contributed by atoms with Crippen molar-refractivity contribution in [1.29, 1.82) is 0 Å². The van der Waals surface area contributed by atoms with Crippen LogP contribution in [0.15, 0.2) is 77.4 Å². The van der Waals surface area contributed by atoms with Gasteiger partial charge in [0.25, 0.3) is 5.69 Å². The average Bonchev–Trinajstić information content (AvgIpc) is 3.13. The van der Waals surface area contributed by atoms with Gasteiger partial charge in [0, 0.05) is 17.2 Å². The molecule has 7 nitrogen and oxygen atoms in total. The molecule has 160 valence electrons. The van der Waals surface area contributed by atoms with Crippen molar-refractivity contribution >= 4 is 46.8 Å². The Morgan fingerprint density at radius 2 is 1.84 bits per heavy atom. The van der Waals surface area contributed by atoms with Crippen LogP contribution in [0.1, 0.15) is 16.7 Å². The van der Waals surface area contributed by atoms with Gasteiger partial charge >= 0.3 is 5.97 Å². The van der Waals surface area contributed by atoms with Crippen LogP contribution in [0.2, 0.25) is 10.0 Å². The van der Waals surface area contributed by atoms with E-state index < -0.39 is 10.9 Å². The summed E-state index contributed by atoms with van der Waals surface area (Å²) in [5, 5.41) is 11.6. The first kappa shape index (κ1) is 21.5. The number of carbonyl (C=O) groups is 1. The zero-order valence-corrected chi connectivity index (χ0v) is 17.8. The molecule has 1 aliphatic heterocycles. The van der Waals surface area contributed by atoms with Crippen molar-refractivity contribution in [2.45, 2.75) is 6.61 Å². The highest BCUT2D eigenvalue weighted by molar-refractivity contribution is 6.34. The Morgan fingerprint density at radius 1 is 1.06 bits per heavy atom. The highest BCUT2D eigenvalue weighted by atomic mass is 35.5. The number of aliphatic imine (C=N–C) groups is 1. The summed E-state index contributed by atoms with van der Waals surface area (Å²) in [4.78, 5) is 26.7. The molecule has 4 rings (SSSR count). The van der Waals surface area contributed by atoms with Crippen LogP contribution in [-0.4, -0.2) is 16.8 Å². The van der Waals surface area contributed by atoms with Crippen LogP contribution >= 0.6 is 23.2 Å². The second kappa shape index (κ2) is 9.21. The number of benzene rings is 3. The molecule has 1 heterocycles. The standard InChI is InChI=1S/C23H14Cl2N2O5/c24-16-3-1-2-15(10-16)13-31-18-7-4-14(5-8-18)11-21-23(28)32-22(26-21)19-9-6-17(27(29)30)12-20(19)25/h1-12H,13H2/b21-11-. The van der Waals surface area contributed by atoms with Gasteiger partial charge in [-0.05, 0) is 47.5 Å². The number of cyclic esters (lactones) is 1. The molecule has 0 atom stereocenters. The summed E-state index contributed by atoms with van der Waals surface area (Å²) in [6.45, 7) is 0.372. The van der Waals surface area contributed by atoms with Crippen LogP contribution in [-0.2, 0) is 16.1 Å². The minimum absolute atomic E-state index is 0.0115. The molecule has 3 aromatic rings. The average molecular weight is 469 g/mol. The van der Waals surface area contributed by atoms with Crippen molar-refractivity contribution in [3.8, 4) is 5.75 Å². The van der Waals surface area contributed by atoms with E-state index in [0.29, 0.717) is 28.5 Å². The lowest BCUT2D eigenvalue weighted by Crippen LogP contribution is -2.06. The molecule has 0 N–H and O–H groups in total. The molecule has 0 unspecified atom stereocenters. The first-order chi connectivity index (χ1) is 15.4. The monoisotopic (exact) mass is 468 g/mol. The fourth-order valence-corrected chi connectivity index (χ4v) is 3.40. The number of esters is 1. The number of nitro benzene ring substituents is 1. The molecule has 0 spiro atoms. The van der Waals surface area contributed by atoms with Gasteiger partial charge in [-0.2, -0.15) is 0 Å². The van der Waals surface area contributed by atoms with Gasteiger partial charge in [0.1, 0.15) is 12.4 Å². The second-order valence-electron chi connectivity index (χ2n) is 6.74. The summed E-state index contributed by atoms with van der Waals surface area (Å²) < 4.78 is 10.9. The molecule has 0 fully saturated rings. The Hall–Kier alpha value is -3.68. The fraction of sp³-hybridized carbons (Fsp3) is 0.0435. The second-order valence-corrected chi connectivity index (χ2v) is 7.59. The number of non-ortho nitro benzene ring substituents is 1. The molecule has 1 aliphatic rings. The molecule has 0 aliphatic carbocycles. The van der Waals surface area contributed by atoms with Crippen LogP contribution in [0.5, 0.6) is 5.75 Å². The number of ether oxygens (including phenoxy) is 2. The maximum Gasteiger partial charge on any atom is 0.363 e. The van der Waals surface area contributed by atoms with Crippen molar-refractivity contribution in [3.05, 3.63) is 109 Å². The number of halogens is 2. The van der Waals surface area contributed by atoms with Gasteiger partial charge < -0.3 is 9.47 Å². The molecule has 9 heteroatoms. The van der Waals surface area contributed by atoms with E-state index in [1.54, 1.807) is 36.4 Å². The van der Waals surface area contributed by atoms with Gasteiger partial charge in [0.2, 0.25) is 5.90 Å². The number of rotatable bonds is 6. The first-order valence-electron chi connectivity index (χ1n) is 9.33. The molecule has 0 bridgehead atoms. The van der Waals surface area contributed by atoms with E-state index in [-0.39, 0.29) is 22.3 Å². The highest BCUT2D eigenvalue weighted by Gasteiger charge is 2.26. The lowest BCUT2D eigenvalue weighted by atomic mass is 10.2. The van der Waals surface area contributed by atoms with Crippen LogP contribution in [0.4, 0.5) is 5.69 Å². The summed E-state index contributed by atoms with van der Waals surface area (Å²) in [6.07, 6.45) is 1.56. The number of carbonyl (C=O) groups excluding carboxylic acids is 1. The number of hydrogen-bond acceptors (Lipinski definition) is 6. The Kier molecular flexibility index (Phi) is 6.20. The van der Waals surface area contributed by atoms with Crippen molar-refractivity contribution in [1.82, 2.24) is 0 Å². The Balaban J connectivity index is 1.48. The van der Waals surface area contributed by atoms with Crippen molar-refractivity contribution in [3.63, 3.8) is 0 Å². The quantitative estimate of drug-likeness (QED) is 0.196. The summed E-state index contributed by atoms with van der Waals surface area (Å²) in [5.41, 5.74) is 1.87. The Bertz CT molecular complexity index is 1270. The van der Waals surface area contributed by atoms with E-state index in [1.807, 2.05) is 18.2 Å². The fourth-order valence-electron chi connectivity index (χ4n) is 2.93. The normalized spacial score (nSPS) is 14.2.